The lowest BCUT2D eigenvalue weighted by Crippen LogP contribution is -2.44. The summed E-state index contributed by atoms with van der Waals surface area (Å²) < 4.78 is 5.71. The third-order valence-electron chi connectivity index (χ3n) is 4.16. The van der Waals surface area contributed by atoms with Crippen molar-refractivity contribution in [3.63, 3.8) is 0 Å². The molecule has 1 aliphatic rings. The zero-order chi connectivity index (χ0) is 16.8. The van der Waals surface area contributed by atoms with E-state index in [0.717, 1.165) is 49.9 Å². The van der Waals surface area contributed by atoms with Crippen LogP contribution in [0.25, 0.3) is 0 Å². The number of aromatic nitrogens is 2. The Morgan fingerprint density at radius 3 is 2.67 bits per heavy atom. The number of para-hydroxylation sites is 1. The van der Waals surface area contributed by atoms with Crippen LogP contribution in [-0.4, -0.2) is 42.3 Å². The zero-order valence-electron chi connectivity index (χ0n) is 13.9. The van der Waals surface area contributed by atoms with E-state index in [2.05, 4.69) is 20.2 Å². The summed E-state index contributed by atoms with van der Waals surface area (Å²) in [5.74, 6) is 2.57. The normalized spacial score (nSPS) is 15.5. The topological polar surface area (TPSA) is 50.3 Å². The maximum Gasteiger partial charge on any atom is 0.134 e. The average molecular weight is 347 g/mol. The summed E-state index contributed by atoms with van der Waals surface area (Å²) in [6.07, 6.45) is 2.18. The summed E-state index contributed by atoms with van der Waals surface area (Å²) in [5, 5.41) is 4.09. The number of hydrogen-bond acceptors (Lipinski definition) is 5. The minimum atomic E-state index is 0.510. The molecule has 0 aliphatic carbocycles. The molecule has 2 aromatic rings. The van der Waals surface area contributed by atoms with E-state index in [4.69, 9.17) is 16.3 Å². The lowest BCUT2D eigenvalue weighted by molar-refractivity contribution is 0.296. The minimum absolute atomic E-state index is 0.510. The van der Waals surface area contributed by atoms with E-state index in [1.165, 1.54) is 0 Å². The smallest absolute Gasteiger partial charge is 0.134 e. The first-order valence-electron chi connectivity index (χ1n) is 8.38. The van der Waals surface area contributed by atoms with Crippen LogP contribution in [0.4, 0.5) is 5.82 Å². The van der Waals surface area contributed by atoms with Crippen molar-refractivity contribution in [2.45, 2.75) is 25.8 Å². The molecule has 5 nitrogen and oxygen atoms in total. The van der Waals surface area contributed by atoms with Gasteiger partial charge < -0.3 is 15.0 Å². The molecule has 0 saturated carbocycles. The third-order valence-corrected chi connectivity index (χ3v) is 4.35. The van der Waals surface area contributed by atoms with Gasteiger partial charge in [-0.3, -0.25) is 0 Å². The van der Waals surface area contributed by atoms with Crippen LogP contribution in [-0.2, 0) is 0 Å². The van der Waals surface area contributed by atoms with Gasteiger partial charge in [-0.1, -0.05) is 29.8 Å². The number of halogens is 1. The number of ether oxygens (including phenoxy) is 1. The molecule has 1 fully saturated rings. The van der Waals surface area contributed by atoms with Gasteiger partial charge >= 0.3 is 0 Å². The molecule has 0 radical (unpaired) electrons. The molecule has 128 valence electrons. The summed E-state index contributed by atoms with van der Waals surface area (Å²) in [5.41, 5.74) is 0. The molecular formula is C18H23ClN4O. The van der Waals surface area contributed by atoms with E-state index in [1.54, 1.807) is 0 Å². The van der Waals surface area contributed by atoms with Crippen LogP contribution in [0, 0.1) is 6.92 Å². The van der Waals surface area contributed by atoms with Crippen molar-refractivity contribution in [1.82, 2.24) is 15.3 Å². The first kappa shape index (κ1) is 17.0. The van der Waals surface area contributed by atoms with Gasteiger partial charge in [0.05, 0.1) is 0 Å². The van der Waals surface area contributed by atoms with Gasteiger partial charge in [0.15, 0.2) is 0 Å². The quantitative estimate of drug-likeness (QED) is 0.643. The number of piperidine rings is 1. The molecule has 1 aromatic carbocycles. The predicted molar refractivity (Wildman–Crippen MR) is 97.0 cm³/mol. The Morgan fingerprint density at radius 1 is 1.21 bits per heavy atom. The van der Waals surface area contributed by atoms with Gasteiger partial charge in [0, 0.05) is 31.7 Å². The van der Waals surface area contributed by atoms with Gasteiger partial charge in [-0.15, -0.1) is 0 Å². The Kier molecular flexibility index (Phi) is 5.88. The van der Waals surface area contributed by atoms with Crippen LogP contribution in [0.15, 0.2) is 36.4 Å². The molecular weight excluding hydrogens is 324 g/mol. The second-order valence-electron chi connectivity index (χ2n) is 5.97. The number of benzene rings is 1. The first-order chi connectivity index (χ1) is 11.7. The largest absolute Gasteiger partial charge is 0.492 e. The zero-order valence-corrected chi connectivity index (χ0v) is 14.7. The van der Waals surface area contributed by atoms with Crippen molar-refractivity contribution in [3.05, 3.63) is 47.4 Å². The van der Waals surface area contributed by atoms with Crippen molar-refractivity contribution in [2.75, 3.05) is 31.1 Å². The Morgan fingerprint density at radius 2 is 1.96 bits per heavy atom. The van der Waals surface area contributed by atoms with E-state index in [9.17, 15) is 0 Å². The molecule has 0 spiro atoms. The van der Waals surface area contributed by atoms with E-state index in [1.807, 2.05) is 43.3 Å². The highest BCUT2D eigenvalue weighted by Gasteiger charge is 2.20. The summed E-state index contributed by atoms with van der Waals surface area (Å²) in [6.45, 7) is 5.37. The van der Waals surface area contributed by atoms with Gasteiger partial charge in [-0.05, 0) is 31.9 Å². The maximum absolute atomic E-state index is 6.03. The summed E-state index contributed by atoms with van der Waals surface area (Å²) in [6, 6.07) is 12.3. The molecule has 2 heterocycles. The van der Waals surface area contributed by atoms with E-state index in [0.29, 0.717) is 17.8 Å². The molecule has 1 saturated heterocycles. The van der Waals surface area contributed by atoms with E-state index >= 15 is 0 Å². The van der Waals surface area contributed by atoms with Crippen molar-refractivity contribution in [3.8, 4) is 5.75 Å². The number of anilines is 1. The Bertz CT molecular complexity index is 624. The highest BCUT2D eigenvalue weighted by Crippen LogP contribution is 2.20. The van der Waals surface area contributed by atoms with Gasteiger partial charge in [0.25, 0.3) is 0 Å². The molecule has 6 heteroatoms. The summed E-state index contributed by atoms with van der Waals surface area (Å²) >= 11 is 6.03. The monoisotopic (exact) mass is 346 g/mol. The van der Waals surface area contributed by atoms with Crippen molar-refractivity contribution < 1.29 is 4.74 Å². The second-order valence-corrected chi connectivity index (χ2v) is 6.36. The molecule has 1 aliphatic heterocycles. The predicted octanol–water partition coefficient (Wildman–Crippen LogP) is 3.08. The standard InChI is InChI=1S/C18H23ClN4O/c1-14-21-17(19)13-18(22-14)23-10-7-15(8-11-23)20-9-12-24-16-5-3-2-4-6-16/h2-6,13,15,20H,7-12H2,1H3. The number of rotatable bonds is 6. The fourth-order valence-corrected chi connectivity index (χ4v) is 3.16. The molecule has 0 unspecified atom stereocenters. The Hall–Kier alpha value is -1.85. The Labute approximate surface area is 148 Å². The highest BCUT2D eigenvalue weighted by molar-refractivity contribution is 6.29. The number of hydrogen-bond donors (Lipinski definition) is 1. The maximum atomic E-state index is 6.03. The fourth-order valence-electron chi connectivity index (χ4n) is 2.94. The molecule has 0 amide bonds. The van der Waals surface area contributed by atoms with Crippen molar-refractivity contribution in [2.24, 2.45) is 0 Å². The van der Waals surface area contributed by atoms with Crippen LogP contribution < -0.4 is 15.0 Å². The van der Waals surface area contributed by atoms with Crippen LogP contribution in [0.2, 0.25) is 5.15 Å². The van der Waals surface area contributed by atoms with Crippen molar-refractivity contribution in [1.29, 1.82) is 0 Å². The molecule has 1 N–H and O–H groups in total. The fraction of sp³-hybridized carbons (Fsp3) is 0.444. The van der Waals surface area contributed by atoms with Gasteiger partial charge in [0.2, 0.25) is 0 Å². The van der Waals surface area contributed by atoms with Crippen LogP contribution in [0.3, 0.4) is 0 Å². The highest BCUT2D eigenvalue weighted by atomic mass is 35.5. The Balaban J connectivity index is 1.39. The van der Waals surface area contributed by atoms with Gasteiger partial charge in [-0.2, -0.15) is 0 Å². The number of aryl methyl sites for hydroxylation is 1. The molecule has 1 aromatic heterocycles. The average Bonchev–Trinajstić information content (AvgIpc) is 2.59. The van der Waals surface area contributed by atoms with Gasteiger partial charge in [0.1, 0.15) is 29.2 Å². The third kappa shape index (κ3) is 4.82. The first-order valence-corrected chi connectivity index (χ1v) is 8.76. The summed E-state index contributed by atoms with van der Waals surface area (Å²) in [4.78, 5) is 10.9. The minimum Gasteiger partial charge on any atom is -0.492 e. The molecule has 24 heavy (non-hydrogen) atoms. The lowest BCUT2D eigenvalue weighted by Gasteiger charge is -2.33. The SMILES string of the molecule is Cc1nc(Cl)cc(N2CCC(NCCOc3ccccc3)CC2)n1. The number of nitrogens with zero attached hydrogens (tertiary/aromatic N) is 3. The molecule has 0 bridgehead atoms. The van der Waals surface area contributed by atoms with Gasteiger partial charge in [-0.25, -0.2) is 9.97 Å². The number of nitrogens with one attached hydrogen (secondary N) is 1. The van der Waals surface area contributed by atoms with E-state index in [-0.39, 0.29) is 0 Å². The van der Waals surface area contributed by atoms with Crippen molar-refractivity contribution >= 4 is 17.4 Å². The van der Waals surface area contributed by atoms with E-state index < -0.39 is 0 Å². The summed E-state index contributed by atoms with van der Waals surface area (Å²) in [7, 11) is 0. The second kappa shape index (κ2) is 8.31. The van der Waals surface area contributed by atoms with Crippen LogP contribution >= 0.6 is 11.6 Å². The molecule has 0 atom stereocenters. The van der Waals surface area contributed by atoms with Crippen LogP contribution in [0.5, 0.6) is 5.75 Å². The van der Waals surface area contributed by atoms with Crippen LogP contribution in [0.1, 0.15) is 18.7 Å². The lowest BCUT2D eigenvalue weighted by atomic mass is 10.1. The molecule has 3 rings (SSSR count).